The molecule has 1 saturated heterocycles. The number of nitrogens with two attached hydrogens (primary N) is 2. The van der Waals surface area contributed by atoms with Crippen molar-refractivity contribution in [2.24, 2.45) is 11.5 Å². The van der Waals surface area contributed by atoms with Gasteiger partial charge in [0.25, 0.3) is 0 Å². The molecule has 5 nitrogen and oxygen atoms in total. The molecule has 1 aliphatic rings. The van der Waals surface area contributed by atoms with Crippen LogP contribution in [0.15, 0.2) is 23.7 Å². The molecule has 1 heterocycles. The lowest BCUT2D eigenvalue weighted by molar-refractivity contribution is 0.142. The van der Waals surface area contributed by atoms with Crippen LogP contribution in [0.5, 0.6) is 0 Å². The topological polar surface area (TPSA) is 82.3 Å². The number of rotatable bonds is 3. The molecule has 108 valence electrons. The standard InChI is InChI=1S/C12H21N5.C2H6/c1-10(14)3-4-12(15)17-7-5-16(6-8-17)11(2)9-13;1-2/h3-4,11H,5-8,14-15H2,1-2H3;1-2H3/b10-3-,12-4+;. The minimum absolute atomic E-state index is 0.0199. The normalized spacial score (nSPS) is 19.2. The summed E-state index contributed by atoms with van der Waals surface area (Å²) in [5.74, 6) is 0.735. The van der Waals surface area contributed by atoms with E-state index in [2.05, 4.69) is 15.9 Å². The van der Waals surface area contributed by atoms with Gasteiger partial charge in [-0.3, -0.25) is 4.90 Å². The van der Waals surface area contributed by atoms with E-state index in [-0.39, 0.29) is 6.04 Å². The first kappa shape index (κ1) is 17.3. The monoisotopic (exact) mass is 265 g/mol. The van der Waals surface area contributed by atoms with Gasteiger partial charge in [-0.2, -0.15) is 5.26 Å². The molecule has 0 aromatic heterocycles. The lowest BCUT2D eigenvalue weighted by Crippen LogP contribution is -2.49. The Hall–Kier alpha value is -1.67. The van der Waals surface area contributed by atoms with Crippen LogP contribution in [0.25, 0.3) is 0 Å². The van der Waals surface area contributed by atoms with E-state index in [9.17, 15) is 0 Å². The van der Waals surface area contributed by atoms with Crippen molar-refractivity contribution in [2.45, 2.75) is 33.7 Å². The van der Waals surface area contributed by atoms with E-state index in [0.717, 1.165) is 37.7 Å². The van der Waals surface area contributed by atoms with Crippen LogP contribution in [0.4, 0.5) is 0 Å². The summed E-state index contributed by atoms with van der Waals surface area (Å²) in [5, 5.41) is 8.84. The van der Waals surface area contributed by atoms with Gasteiger partial charge in [-0.25, -0.2) is 0 Å². The van der Waals surface area contributed by atoms with Crippen molar-refractivity contribution in [1.82, 2.24) is 9.80 Å². The van der Waals surface area contributed by atoms with Gasteiger partial charge in [-0.15, -0.1) is 0 Å². The summed E-state index contributed by atoms with van der Waals surface area (Å²) in [5.41, 5.74) is 12.2. The van der Waals surface area contributed by atoms with Crippen LogP contribution in [0.3, 0.4) is 0 Å². The van der Waals surface area contributed by atoms with E-state index >= 15 is 0 Å². The van der Waals surface area contributed by atoms with Crippen LogP contribution < -0.4 is 11.5 Å². The smallest absolute Gasteiger partial charge is 0.0987 e. The average molecular weight is 265 g/mol. The number of piperazine rings is 1. The highest BCUT2D eigenvalue weighted by atomic mass is 15.3. The van der Waals surface area contributed by atoms with E-state index in [0.29, 0.717) is 0 Å². The molecule has 0 spiro atoms. The number of nitriles is 1. The van der Waals surface area contributed by atoms with Crippen LogP contribution in [0, 0.1) is 11.3 Å². The van der Waals surface area contributed by atoms with Crippen molar-refractivity contribution in [3.05, 3.63) is 23.7 Å². The van der Waals surface area contributed by atoms with Gasteiger partial charge in [0, 0.05) is 31.9 Å². The average Bonchev–Trinajstić information content (AvgIpc) is 2.46. The van der Waals surface area contributed by atoms with E-state index < -0.39 is 0 Å². The fraction of sp³-hybridized carbons (Fsp3) is 0.643. The second-order valence-corrected chi connectivity index (χ2v) is 4.33. The molecule has 0 amide bonds. The van der Waals surface area contributed by atoms with Crippen molar-refractivity contribution >= 4 is 0 Å². The van der Waals surface area contributed by atoms with Crippen LogP contribution in [0.1, 0.15) is 27.7 Å². The van der Waals surface area contributed by atoms with Gasteiger partial charge in [0.15, 0.2) is 0 Å². The summed E-state index contributed by atoms with van der Waals surface area (Å²) in [6.45, 7) is 11.2. The van der Waals surface area contributed by atoms with Gasteiger partial charge < -0.3 is 16.4 Å². The third kappa shape index (κ3) is 6.16. The van der Waals surface area contributed by atoms with Gasteiger partial charge >= 0.3 is 0 Å². The Kier molecular flexibility index (Phi) is 8.47. The molecular formula is C14H27N5. The zero-order valence-electron chi connectivity index (χ0n) is 12.6. The maximum atomic E-state index is 8.84. The van der Waals surface area contributed by atoms with Crippen LogP contribution in [-0.2, 0) is 0 Å². The molecule has 1 rings (SSSR count). The van der Waals surface area contributed by atoms with Crippen molar-refractivity contribution in [3.8, 4) is 6.07 Å². The highest BCUT2D eigenvalue weighted by Gasteiger charge is 2.20. The maximum Gasteiger partial charge on any atom is 0.0987 e. The second-order valence-electron chi connectivity index (χ2n) is 4.33. The first-order valence-corrected chi connectivity index (χ1v) is 6.82. The first-order valence-electron chi connectivity index (χ1n) is 6.82. The van der Waals surface area contributed by atoms with Gasteiger partial charge in [-0.05, 0) is 26.0 Å². The van der Waals surface area contributed by atoms with Crippen molar-refractivity contribution in [1.29, 1.82) is 5.26 Å². The summed E-state index contributed by atoms with van der Waals surface area (Å²) in [7, 11) is 0. The Morgan fingerprint density at radius 1 is 1.16 bits per heavy atom. The molecule has 1 unspecified atom stereocenters. The number of nitrogens with zero attached hydrogens (tertiary/aromatic N) is 3. The molecule has 0 aromatic rings. The Bertz CT molecular complexity index is 341. The number of hydrogen-bond donors (Lipinski definition) is 2. The van der Waals surface area contributed by atoms with E-state index in [1.54, 1.807) is 6.08 Å². The fourth-order valence-corrected chi connectivity index (χ4v) is 1.77. The molecule has 0 bridgehead atoms. The predicted octanol–water partition coefficient (Wildman–Crippen LogP) is 1.20. The zero-order valence-corrected chi connectivity index (χ0v) is 12.6. The molecule has 19 heavy (non-hydrogen) atoms. The quantitative estimate of drug-likeness (QED) is 0.749. The fourth-order valence-electron chi connectivity index (χ4n) is 1.77. The third-order valence-corrected chi connectivity index (χ3v) is 2.93. The minimum Gasteiger partial charge on any atom is -0.402 e. The van der Waals surface area contributed by atoms with E-state index in [1.807, 2.05) is 33.8 Å². The van der Waals surface area contributed by atoms with Crippen LogP contribution >= 0.6 is 0 Å². The number of allylic oxidation sites excluding steroid dienone is 3. The Labute approximate surface area is 117 Å². The van der Waals surface area contributed by atoms with Gasteiger partial charge in [0.1, 0.15) is 0 Å². The predicted molar refractivity (Wildman–Crippen MR) is 79.8 cm³/mol. The highest BCUT2D eigenvalue weighted by molar-refractivity contribution is 5.13. The third-order valence-electron chi connectivity index (χ3n) is 2.93. The largest absolute Gasteiger partial charge is 0.402 e. The SMILES string of the molecule is C/C(N)=C/C=C(\N)N1CCN(C(C)C#N)CC1.CC. The summed E-state index contributed by atoms with van der Waals surface area (Å²) >= 11 is 0. The molecular weight excluding hydrogens is 238 g/mol. The van der Waals surface area contributed by atoms with E-state index in [1.165, 1.54) is 0 Å². The van der Waals surface area contributed by atoms with Crippen molar-refractivity contribution in [3.63, 3.8) is 0 Å². The Morgan fingerprint density at radius 3 is 2.11 bits per heavy atom. The molecule has 0 aliphatic carbocycles. The van der Waals surface area contributed by atoms with Gasteiger partial charge in [0.2, 0.25) is 0 Å². The molecule has 1 aliphatic heterocycles. The molecule has 4 N–H and O–H groups in total. The maximum absolute atomic E-state index is 8.84. The molecule has 1 fully saturated rings. The Balaban J connectivity index is 0.00000154. The summed E-state index contributed by atoms with van der Waals surface area (Å²) in [6.07, 6.45) is 3.64. The lowest BCUT2D eigenvalue weighted by atomic mass is 10.2. The lowest BCUT2D eigenvalue weighted by Gasteiger charge is -2.37. The zero-order chi connectivity index (χ0) is 14.8. The van der Waals surface area contributed by atoms with Crippen LogP contribution in [0.2, 0.25) is 0 Å². The van der Waals surface area contributed by atoms with Crippen molar-refractivity contribution < 1.29 is 0 Å². The molecule has 0 aromatic carbocycles. The number of hydrogen-bond acceptors (Lipinski definition) is 5. The second kappa shape index (κ2) is 9.29. The summed E-state index contributed by atoms with van der Waals surface area (Å²) < 4.78 is 0. The molecule has 0 radical (unpaired) electrons. The minimum atomic E-state index is -0.0199. The molecule has 0 saturated carbocycles. The highest BCUT2D eigenvalue weighted by Crippen LogP contribution is 2.08. The van der Waals surface area contributed by atoms with E-state index in [4.69, 9.17) is 16.7 Å². The van der Waals surface area contributed by atoms with Gasteiger partial charge in [0.05, 0.1) is 17.9 Å². The molecule has 1 atom stereocenters. The van der Waals surface area contributed by atoms with Crippen molar-refractivity contribution in [2.75, 3.05) is 26.2 Å². The summed E-state index contributed by atoms with van der Waals surface area (Å²) in [4.78, 5) is 4.27. The molecule has 5 heteroatoms. The van der Waals surface area contributed by atoms with Gasteiger partial charge in [-0.1, -0.05) is 13.8 Å². The Morgan fingerprint density at radius 2 is 1.68 bits per heavy atom. The summed E-state index contributed by atoms with van der Waals surface area (Å²) in [6, 6.07) is 2.23. The van der Waals surface area contributed by atoms with Crippen LogP contribution in [-0.4, -0.2) is 42.0 Å². The first-order chi connectivity index (χ1) is 9.04.